The summed E-state index contributed by atoms with van der Waals surface area (Å²) in [7, 11) is 1.78. The molecule has 1 N–H and O–H groups in total. The van der Waals surface area contributed by atoms with Crippen molar-refractivity contribution in [1.29, 1.82) is 0 Å². The van der Waals surface area contributed by atoms with Gasteiger partial charge in [0.05, 0.1) is 6.54 Å². The van der Waals surface area contributed by atoms with Gasteiger partial charge in [0.1, 0.15) is 0 Å². The minimum Gasteiger partial charge on any atom is -0.347 e. The maximum Gasteiger partial charge on any atom is 0.242 e. The minimum atomic E-state index is 0.0892. The molecule has 0 aliphatic carbocycles. The number of guanidine groups is 1. The number of rotatable bonds is 6. The summed E-state index contributed by atoms with van der Waals surface area (Å²) < 4.78 is 0. The molecule has 1 atom stereocenters. The van der Waals surface area contributed by atoms with Crippen LogP contribution in [-0.4, -0.2) is 54.9 Å². The number of amides is 1. The number of hydrogen-bond acceptors (Lipinski definition) is 2. The number of nitrogens with zero attached hydrogens (tertiary/aromatic N) is 3. The van der Waals surface area contributed by atoms with E-state index in [4.69, 9.17) is 0 Å². The largest absolute Gasteiger partial charge is 0.347 e. The fraction of sp³-hybridized carbons (Fsp3) is 0.391. The normalized spacial score (nSPS) is 16.9. The molecule has 28 heavy (non-hydrogen) atoms. The van der Waals surface area contributed by atoms with Gasteiger partial charge < -0.3 is 15.1 Å². The lowest BCUT2D eigenvalue weighted by atomic mass is 9.99. The Morgan fingerprint density at radius 3 is 2.46 bits per heavy atom. The van der Waals surface area contributed by atoms with Gasteiger partial charge in [0, 0.05) is 39.1 Å². The van der Waals surface area contributed by atoms with Crippen molar-refractivity contribution >= 4 is 11.9 Å². The highest BCUT2D eigenvalue weighted by atomic mass is 16.2. The second-order valence-corrected chi connectivity index (χ2v) is 7.14. The SMILES string of the molecule is CCN(Cc1ccccc1)C(=O)CNC(=NC)N1CCC(c2ccccc2)C1. The molecule has 2 aromatic rings. The smallest absolute Gasteiger partial charge is 0.242 e. The molecular weight excluding hydrogens is 348 g/mol. The van der Waals surface area contributed by atoms with Crippen molar-refractivity contribution in [1.82, 2.24) is 15.1 Å². The highest BCUT2D eigenvalue weighted by Crippen LogP contribution is 2.26. The number of aliphatic imine (C=N–C) groups is 1. The number of nitrogens with one attached hydrogen (secondary N) is 1. The Kier molecular flexibility index (Phi) is 7.06. The summed E-state index contributed by atoms with van der Waals surface area (Å²) in [5, 5.41) is 3.27. The van der Waals surface area contributed by atoms with Gasteiger partial charge in [-0.1, -0.05) is 60.7 Å². The van der Waals surface area contributed by atoms with Gasteiger partial charge in [-0.2, -0.15) is 0 Å². The van der Waals surface area contributed by atoms with Crippen LogP contribution in [0.4, 0.5) is 0 Å². The molecule has 5 nitrogen and oxygen atoms in total. The third-order valence-corrected chi connectivity index (χ3v) is 5.32. The highest BCUT2D eigenvalue weighted by molar-refractivity contribution is 5.86. The predicted molar refractivity (Wildman–Crippen MR) is 114 cm³/mol. The standard InChI is InChI=1S/C23H30N4O/c1-3-26(17-19-10-6-4-7-11-19)22(28)16-25-23(24-2)27-15-14-21(18-27)20-12-8-5-9-13-20/h4-13,21H,3,14-18H2,1-2H3,(H,24,25). The van der Waals surface area contributed by atoms with Crippen LogP contribution in [0.25, 0.3) is 0 Å². The van der Waals surface area contributed by atoms with Crippen molar-refractivity contribution in [2.24, 2.45) is 4.99 Å². The maximum absolute atomic E-state index is 12.7. The van der Waals surface area contributed by atoms with Gasteiger partial charge in [-0.15, -0.1) is 0 Å². The number of benzene rings is 2. The van der Waals surface area contributed by atoms with E-state index in [-0.39, 0.29) is 12.5 Å². The first kappa shape index (κ1) is 19.9. The lowest BCUT2D eigenvalue weighted by Gasteiger charge is -2.25. The van der Waals surface area contributed by atoms with E-state index in [2.05, 4.69) is 57.7 Å². The van der Waals surface area contributed by atoms with Crippen molar-refractivity contribution in [2.75, 3.05) is 33.2 Å². The molecule has 5 heteroatoms. The van der Waals surface area contributed by atoms with Gasteiger partial charge in [-0.25, -0.2) is 0 Å². The topological polar surface area (TPSA) is 47.9 Å². The summed E-state index contributed by atoms with van der Waals surface area (Å²) >= 11 is 0. The molecule has 1 aliphatic heterocycles. The van der Waals surface area contributed by atoms with Crippen molar-refractivity contribution in [3.8, 4) is 0 Å². The van der Waals surface area contributed by atoms with E-state index in [1.807, 2.05) is 30.0 Å². The molecule has 3 rings (SSSR count). The summed E-state index contributed by atoms with van der Waals surface area (Å²) in [4.78, 5) is 21.2. The number of carbonyl (C=O) groups is 1. The van der Waals surface area contributed by atoms with Gasteiger partial charge in [0.15, 0.2) is 5.96 Å². The lowest BCUT2D eigenvalue weighted by molar-refractivity contribution is -0.130. The summed E-state index contributed by atoms with van der Waals surface area (Å²) in [5.74, 6) is 1.41. The second kappa shape index (κ2) is 9.93. The molecular formula is C23H30N4O. The van der Waals surface area contributed by atoms with E-state index in [1.54, 1.807) is 7.05 Å². The summed E-state index contributed by atoms with van der Waals surface area (Å²) in [6.07, 6.45) is 1.10. The Labute approximate surface area is 168 Å². The zero-order chi connectivity index (χ0) is 19.8. The fourth-order valence-corrected chi connectivity index (χ4v) is 3.73. The molecule has 0 saturated carbocycles. The van der Waals surface area contributed by atoms with Gasteiger partial charge >= 0.3 is 0 Å². The van der Waals surface area contributed by atoms with E-state index >= 15 is 0 Å². The van der Waals surface area contributed by atoms with E-state index in [0.717, 1.165) is 31.0 Å². The molecule has 1 saturated heterocycles. The van der Waals surface area contributed by atoms with Gasteiger partial charge in [0.25, 0.3) is 0 Å². The van der Waals surface area contributed by atoms with Crippen LogP contribution in [0.15, 0.2) is 65.7 Å². The predicted octanol–water partition coefficient (Wildman–Crippen LogP) is 3.10. The third kappa shape index (κ3) is 5.12. The highest BCUT2D eigenvalue weighted by Gasteiger charge is 2.26. The molecule has 1 aliphatic rings. The number of likely N-dealkylation sites (tertiary alicyclic amines) is 1. The summed E-state index contributed by atoms with van der Waals surface area (Å²) in [6.45, 7) is 5.48. The lowest BCUT2D eigenvalue weighted by Crippen LogP contribution is -2.45. The summed E-state index contributed by atoms with van der Waals surface area (Å²) in [5.41, 5.74) is 2.52. The minimum absolute atomic E-state index is 0.0892. The zero-order valence-corrected chi connectivity index (χ0v) is 16.8. The molecule has 1 amide bonds. The quantitative estimate of drug-likeness (QED) is 0.621. The first-order chi connectivity index (χ1) is 13.7. The second-order valence-electron chi connectivity index (χ2n) is 7.14. The van der Waals surface area contributed by atoms with Crippen molar-refractivity contribution in [3.05, 3.63) is 71.8 Å². The third-order valence-electron chi connectivity index (χ3n) is 5.32. The van der Waals surface area contributed by atoms with Crippen LogP contribution in [0.1, 0.15) is 30.4 Å². The monoisotopic (exact) mass is 378 g/mol. The van der Waals surface area contributed by atoms with E-state index in [9.17, 15) is 4.79 Å². The molecule has 0 aromatic heterocycles. The van der Waals surface area contributed by atoms with Crippen LogP contribution in [0.5, 0.6) is 0 Å². The molecule has 0 bridgehead atoms. The number of carbonyl (C=O) groups excluding carboxylic acids is 1. The van der Waals surface area contributed by atoms with Crippen molar-refractivity contribution in [3.63, 3.8) is 0 Å². The van der Waals surface area contributed by atoms with Gasteiger partial charge in [0.2, 0.25) is 5.91 Å². The van der Waals surface area contributed by atoms with Gasteiger partial charge in [-0.05, 0) is 24.5 Å². The first-order valence-electron chi connectivity index (χ1n) is 10.0. The average molecular weight is 379 g/mol. The number of likely N-dealkylation sites (N-methyl/N-ethyl adjacent to an activating group) is 1. The van der Waals surface area contributed by atoms with Crippen LogP contribution in [0.2, 0.25) is 0 Å². The molecule has 1 heterocycles. The molecule has 0 radical (unpaired) electrons. The van der Waals surface area contributed by atoms with Crippen molar-refractivity contribution in [2.45, 2.75) is 25.8 Å². The molecule has 2 aromatic carbocycles. The van der Waals surface area contributed by atoms with Crippen LogP contribution >= 0.6 is 0 Å². The van der Waals surface area contributed by atoms with Crippen LogP contribution in [0.3, 0.4) is 0 Å². The van der Waals surface area contributed by atoms with Crippen molar-refractivity contribution < 1.29 is 4.79 Å². The maximum atomic E-state index is 12.7. The van der Waals surface area contributed by atoms with Gasteiger partial charge in [-0.3, -0.25) is 9.79 Å². The molecule has 1 fully saturated rings. The first-order valence-corrected chi connectivity index (χ1v) is 10.0. The molecule has 1 unspecified atom stereocenters. The van der Waals surface area contributed by atoms with Crippen LogP contribution < -0.4 is 5.32 Å². The Bertz CT molecular complexity index is 776. The van der Waals surface area contributed by atoms with Crippen LogP contribution in [-0.2, 0) is 11.3 Å². The zero-order valence-electron chi connectivity index (χ0n) is 16.8. The van der Waals surface area contributed by atoms with Crippen LogP contribution in [0, 0.1) is 0 Å². The van der Waals surface area contributed by atoms with E-state index in [1.165, 1.54) is 5.56 Å². The fourth-order valence-electron chi connectivity index (χ4n) is 3.73. The molecule has 148 valence electrons. The Morgan fingerprint density at radius 2 is 1.82 bits per heavy atom. The Balaban J connectivity index is 1.53. The molecule has 0 spiro atoms. The van der Waals surface area contributed by atoms with E-state index < -0.39 is 0 Å². The number of hydrogen-bond donors (Lipinski definition) is 1. The Morgan fingerprint density at radius 1 is 1.14 bits per heavy atom. The Hall–Kier alpha value is -2.82. The average Bonchev–Trinajstić information content (AvgIpc) is 3.24. The van der Waals surface area contributed by atoms with E-state index in [0.29, 0.717) is 19.0 Å². The summed E-state index contributed by atoms with van der Waals surface area (Å²) in [6, 6.07) is 20.7.